The molecule has 0 aliphatic carbocycles. The van der Waals surface area contributed by atoms with Crippen molar-refractivity contribution in [2.24, 2.45) is 4.99 Å². The lowest BCUT2D eigenvalue weighted by Gasteiger charge is -2.26. The Kier molecular flexibility index (Phi) is 7.79. The molecule has 0 amide bonds. The molecular formula is C29H24Cl2N2O5S. The van der Waals surface area contributed by atoms with E-state index in [1.807, 2.05) is 31.2 Å². The Bertz CT molecular complexity index is 1780. The summed E-state index contributed by atoms with van der Waals surface area (Å²) >= 11 is 13.7. The Labute approximate surface area is 238 Å². The quantitative estimate of drug-likeness (QED) is 0.258. The molecule has 4 aromatic rings. The summed E-state index contributed by atoms with van der Waals surface area (Å²) in [4.78, 5) is 32.1. The number of nitrogens with zero attached hydrogens (tertiary/aromatic N) is 2. The van der Waals surface area contributed by atoms with Crippen molar-refractivity contribution in [1.29, 1.82) is 0 Å². The number of carbonyl (C=O) groups excluding carboxylic acids is 1. The van der Waals surface area contributed by atoms with E-state index in [0.717, 1.165) is 0 Å². The SMILES string of the molecule is CCOC(=O)C1=C(C)N=c2s/c(=C\c3ccc(-c4cccc(Cl)c4Cl)o3)c(=O)n2[C@H]1c1ccccc1OCC. The van der Waals surface area contributed by atoms with Gasteiger partial charge in [-0.05, 0) is 51.1 Å². The van der Waals surface area contributed by atoms with E-state index in [1.54, 1.807) is 50.3 Å². The van der Waals surface area contributed by atoms with Gasteiger partial charge in [0.25, 0.3) is 5.56 Å². The molecule has 0 spiro atoms. The predicted octanol–water partition coefficient (Wildman–Crippen LogP) is 5.76. The molecule has 7 nitrogen and oxygen atoms in total. The van der Waals surface area contributed by atoms with Gasteiger partial charge in [-0.3, -0.25) is 9.36 Å². The molecule has 1 aliphatic heterocycles. The van der Waals surface area contributed by atoms with Gasteiger partial charge in [0.05, 0.1) is 39.1 Å². The number of rotatable bonds is 7. The van der Waals surface area contributed by atoms with Crippen molar-refractivity contribution < 1.29 is 18.7 Å². The molecule has 1 atom stereocenters. The highest BCUT2D eigenvalue weighted by Crippen LogP contribution is 2.36. The van der Waals surface area contributed by atoms with E-state index in [0.29, 0.717) is 65.7 Å². The molecular weight excluding hydrogens is 559 g/mol. The molecule has 1 aliphatic rings. The molecule has 39 heavy (non-hydrogen) atoms. The largest absolute Gasteiger partial charge is 0.494 e. The van der Waals surface area contributed by atoms with Gasteiger partial charge >= 0.3 is 5.97 Å². The average molecular weight is 583 g/mol. The number of fused-ring (bicyclic) bond motifs is 1. The molecule has 200 valence electrons. The van der Waals surface area contributed by atoms with Gasteiger partial charge in [0, 0.05) is 17.2 Å². The van der Waals surface area contributed by atoms with Crippen LogP contribution >= 0.6 is 34.5 Å². The molecule has 0 radical (unpaired) electrons. The molecule has 2 aromatic carbocycles. The van der Waals surface area contributed by atoms with Gasteiger partial charge in [0.15, 0.2) is 4.80 Å². The Morgan fingerprint density at radius 1 is 1.10 bits per heavy atom. The van der Waals surface area contributed by atoms with Gasteiger partial charge < -0.3 is 13.9 Å². The second-order valence-electron chi connectivity index (χ2n) is 8.58. The summed E-state index contributed by atoms with van der Waals surface area (Å²) in [7, 11) is 0. The van der Waals surface area contributed by atoms with Gasteiger partial charge in [-0.1, -0.05) is 58.8 Å². The topological polar surface area (TPSA) is 83.0 Å². The molecule has 0 fully saturated rings. The summed E-state index contributed by atoms with van der Waals surface area (Å²) < 4.78 is 19.2. The number of carbonyl (C=O) groups is 1. The summed E-state index contributed by atoms with van der Waals surface area (Å²) in [6, 6.07) is 15.4. The van der Waals surface area contributed by atoms with Crippen molar-refractivity contribution in [3.8, 4) is 17.1 Å². The fraction of sp³-hybridized carbons (Fsp3) is 0.207. The maximum atomic E-state index is 13.9. The zero-order chi connectivity index (χ0) is 27.7. The Hall–Kier alpha value is -3.59. The number of aromatic nitrogens is 1. The van der Waals surface area contributed by atoms with Crippen LogP contribution in [0.4, 0.5) is 0 Å². The van der Waals surface area contributed by atoms with E-state index in [9.17, 15) is 9.59 Å². The van der Waals surface area contributed by atoms with E-state index in [-0.39, 0.29) is 12.2 Å². The smallest absolute Gasteiger partial charge is 0.338 e. The lowest BCUT2D eigenvalue weighted by Crippen LogP contribution is -2.40. The van der Waals surface area contributed by atoms with Crippen LogP contribution in [0.5, 0.6) is 5.75 Å². The highest BCUT2D eigenvalue weighted by molar-refractivity contribution is 7.07. The molecule has 0 bridgehead atoms. The van der Waals surface area contributed by atoms with Crippen molar-refractivity contribution in [1.82, 2.24) is 4.57 Å². The zero-order valence-corrected chi connectivity index (χ0v) is 23.7. The van der Waals surface area contributed by atoms with E-state index >= 15 is 0 Å². The summed E-state index contributed by atoms with van der Waals surface area (Å²) in [6.45, 7) is 5.97. The van der Waals surface area contributed by atoms with Crippen LogP contribution in [-0.2, 0) is 9.53 Å². The highest BCUT2D eigenvalue weighted by atomic mass is 35.5. The van der Waals surface area contributed by atoms with Crippen LogP contribution in [0.25, 0.3) is 17.4 Å². The highest BCUT2D eigenvalue weighted by Gasteiger charge is 2.35. The van der Waals surface area contributed by atoms with Crippen molar-refractivity contribution in [2.45, 2.75) is 26.8 Å². The van der Waals surface area contributed by atoms with Crippen LogP contribution in [0.3, 0.4) is 0 Å². The number of furan rings is 1. The normalized spacial score (nSPS) is 15.2. The van der Waals surface area contributed by atoms with Gasteiger partial charge in [-0.25, -0.2) is 9.79 Å². The number of hydrogen-bond donors (Lipinski definition) is 0. The number of esters is 1. The van der Waals surface area contributed by atoms with Gasteiger partial charge in [-0.2, -0.15) is 0 Å². The molecule has 0 saturated carbocycles. The van der Waals surface area contributed by atoms with E-state index in [4.69, 9.17) is 37.1 Å². The molecule has 3 heterocycles. The standard InChI is InChI=1S/C29H24Cl2N2O5S/c1-4-36-21-12-7-6-9-19(21)26-24(28(35)37-5-2)16(3)32-29-33(26)27(34)23(39-29)15-17-13-14-22(38-17)18-10-8-11-20(30)25(18)31/h6-15,26H,4-5H2,1-3H3/b23-15-/t26-/m0/s1. The first-order valence-electron chi connectivity index (χ1n) is 12.3. The second-order valence-corrected chi connectivity index (χ2v) is 10.4. The number of ether oxygens (including phenoxy) is 2. The average Bonchev–Trinajstić information content (AvgIpc) is 3.50. The lowest BCUT2D eigenvalue weighted by molar-refractivity contribution is -0.139. The predicted molar refractivity (Wildman–Crippen MR) is 152 cm³/mol. The first kappa shape index (κ1) is 27.0. The van der Waals surface area contributed by atoms with Crippen molar-refractivity contribution in [3.63, 3.8) is 0 Å². The maximum absolute atomic E-state index is 13.9. The van der Waals surface area contributed by atoms with E-state index < -0.39 is 12.0 Å². The lowest BCUT2D eigenvalue weighted by atomic mass is 9.95. The number of para-hydroxylation sites is 1. The number of thiazole rings is 1. The van der Waals surface area contributed by atoms with Crippen LogP contribution in [0.2, 0.25) is 10.0 Å². The number of allylic oxidation sites excluding steroid dienone is 1. The molecule has 2 aromatic heterocycles. The molecule has 10 heteroatoms. The first-order chi connectivity index (χ1) is 18.8. The van der Waals surface area contributed by atoms with Crippen LogP contribution in [0.1, 0.15) is 38.1 Å². The number of halogens is 2. The summed E-state index contributed by atoms with van der Waals surface area (Å²) in [5, 5.41) is 0.801. The maximum Gasteiger partial charge on any atom is 0.338 e. The fourth-order valence-corrected chi connectivity index (χ4v) is 5.90. The monoisotopic (exact) mass is 582 g/mol. The van der Waals surface area contributed by atoms with Gasteiger partial charge in [-0.15, -0.1) is 0 Å². The fourth-order valence-electron chi connectivity index (χ4n) is 4.48. The minimum Gasteiger partial charge on any atom is -0.494 e. The van der Waals surface area contributed by atoms with Gasteiger partial charge in [0.1, 0.15) is 23.3 Å². The first-order valence-corrected chi connectivity index (χ1v) is 13.9. The summed E-state index contributed by atoms with van der Waals surface area (Å²) in [5.74, 6) is 1.02. The van der Waals surface area contributed by atoms with E-state index in [1.165, 1.54) is 15.9 Å². The molecule has 5 rings (SSSR count). The van der Waals surface area contributed by atoms with Crippen LogP contribution in [0.15, 0.2) is 80.1 Å². The Morgan fingerprint density at radius 2 is 1.90 bits per heavy atom. The molecule has 0 unspecified atom stereocenters. The number of hydrogen-bond acceptors (Lipinski definition) is 7. The van der Waals surface area contributed by atoms with Crippen LogP contribution < -0.4 is 19.6 Å². The number of benzene rings is 2. The summed E-state index contributed by atoms with van der Waals surface area (Å²) in [5.41, 5.74) is 1.77. The Morgan fingerprint density at radius 3 is 2.67 bits per heavy atom. The second kappa shape index (κ2) is 11.3. The molecule has 0 saturated heterocycles. The zero-order valence-electron chi connectivity index (χ0n) is 21.4. The third kappa shape index (κ3) is 5.07. The van der Waals surface area contributed by atoms with Crippen molar-refractivity contribution >= 4 is 46.6 Å². The van der Waals surface area contributed by atoms with E-state index in [2.05, 4.69) is 4.99 Å². The van der Waals surface area contributed by atoms with Crippen LogP contribution in [-0.4, -0.2) is 23.8 Å². The van der Waals surface area contributed by atoms with Crippen LogP contribution in [0, 0.1) is 0 Å². The third-order valence-electron chi connectivity index (χ3n) is 6.15. The van der Waals surface area contributed by atoms with Crippen molar-refractivity contribution in [2.75, 3.05) is 13.2 Å². The minimum absolute atomic E-state index is 0.192. The third-order valence-corrected chi connectivity index (χ3v) is 7.95. The summed E-state index contributed by atoms with van der Waals surface area (Å²) in [6.07, 6.45) is 1.65. The minimum atomic E-state index is -0.775. The molecule has 0 N–H and O–H groups in total. The van der Waals surface area contributed by atoms with Crippen molar-refractivity contribution in [3.05, 3.63) is 107 Å². The Balaban J connectivity index is 1.67. The van der Waals surface area contributed by atoms with Gasteiger partial charge in [0.2, 0.25) is 0 Å².